The van der Waals surface area contributed by atoms with E-state index >= 15 is 0 Å². The van der Waals surface area contributed by atoms with Crippen molar-refractivity contribution in [2.45, 2.75) is 87.6 Å². The molecule has 248 valence electrons. The third-order valence-electron chi connectivity index (χ3n) is 9.00. The fourth-order valence-electron chi connectivity index (χ4n) is 5.52. The predicted molar refractivity (Wildman–Crippen MR) is 196 cm³/mol. The minimum absolute atomic E-state index is 0.307. The third kappa shape index (κ3) is 9.57. The molecule has 4 aromatic carbocycles. The first kappa shape index (κ1) is 37.6. The van der Waals surface area contributed by atoms with Crippen molar-refractivity contribution in [3.8, 4) is 33.8 Å². The van der Waals surface area contributed by atoms with E-state index in [4.69, 9.17) is 26.0 Å². The average molecular weight is 699 g/mol. The molecule has 0 atom stereocenters. The van der Waals surface area contributed by atoms with Gasteiger partial charge in [0.25, 0.3) is 10.1 Å². The zero-order chi connectivity index (χ0) is 34.0. The SMILES string of the molecule is CC[Si](CC)(CC)Oc1ccc(-c2cccc(S)c2-c2ccc(O[Si](CC)(CC)CC)cc2)cc1.O=S(=O)(O)c1ccc(F)cc1. The highest BCUT2D eigenvalue weighted by atomic mass is 32.2. The van der Waals surface area contributed by atoms with Gasteiger partial charge in [0.05, 0.1) is 4.90 Å². The van der Waals surface area contributed by atoms with Crippen LogP contribution in [0.2, 0.25) is 36.3 Å². The van der Waals surface area contributed by atoms with Crippen molar-refractivity contribution >= 4 is 39.4 Å². The smallest absolute Gasteiger partial charge is 0.294 e. The van der Waals surface area contributed by atoms with Crippen LogP contribution in [-0.4, -0.2) is 29.6 Å². The predicted octanol–water partition coefficient (Wildman–Crippen LogP) is 11.1. The minimum atomic E-state index is -4.19. The summed E-state index contributed by atoms with van der Waals surface area (Å²) in [6.07, 6.45) is 0. The second-order valence-electron chi connectivity index (χ2n) is 11.4. The van der Waals surface area contributed by atoms with Crippen LogP contribution in [0.5, 0.6) is 11.5 Å². The first-order valence-corrected chi connectivity index (χ1v) is 23.0. The minimum Gasteiger partial charge on any atom is -0.544 e. The van der Waals surface area contributed by atoms with Crippen molar-refractivity contribution in [2.75, 3.05) is 0 Å². The molecule has 0 aromatic heterocycles. The van der Waals surface area contributed by atoms with E-state index in [1.54, 1.807) is 0 Å². The van der Waals surface area contributed by atoms with Crippen LogP contribution in [0.4, 0.5) is 4.39 Å². The third-order valence-corrected chi connectivity index (χ3v) is 19.3. The Morgan fingerprint density at radius 1 is 0.630 bits per heavy atom. The lowest BCUT2D eigenvalue weighted by Gasteiger charge is -2.29. The van der Waals surface area contributed by atoms with Gasteiger partial charge in [-0.25, -0.2) is 4.39 Å². The van der Waals surface area contributed by atoms with Gasteiger partial charge in [-0.2, -0.15) is 8.42 Å². The van der Waals surface area contributed by atoms with Crippen LogP contribution in [0.3, 0.4) is 0 Å². The Hall–Kier alpha value is -2.90. The standard InChI is InChI=1S/C30H42O2SSi2.C6H5FO3S/c1-7-34(8-2,9-3)31-26-20-16-24(17-21-26)28-14-13-15-29(33)30(28)25-18-22-27(23-19-25)32-35(10-4,11-5)12-6;7-5-1-3-6(4-2-5)11(8,9)10/h13-23,33H,7-12H2,1-6H3;1-4H,(H,8,9,10). The highest BCUT2D eigenvalue weighted by Gasteiger charge is 2.31. The van der Waals surface area contributed by atoms with Crippen LogP contribution in [0.15, 0.2) is 101 Å². The summed E-state index contributed by atoms with van der Waals surface area (Å²) in [5.41, 5.74) is 4.67. The molecule has 0 unspecified atom stereocenters. The van der Waals surface area contributed by atoms with E-state index in [1.165, 1.54) is 11.1 Å². The van der Waals surface area contributed by atoms with Gasteiger partial charge < -0.3 is 8.85 Å². The molecule has 1 N–H and O–H groups in total. The largest absolute Gasteiger partial charge is 0.544 e. The summed E-state index contributed by atoms with van der Waals surface area (Å²) in [5.74, 6) is 1.44. The van der Waals surface area contributed by atoms with Crippen molar-refractivity contribution in [2.24, 2.45) is 0 Å². The van der Waals surface area contributed by atoms with Crippen LogP contribution in [0.25, 0.3) is 22.3 Å². The summed E-state index contributed by atoms with van der Waals surface area (Å²) >= 11 is 4.84. The van der Waals surface area contributed by atoms with Crippen LogP contribution in [-0.2, 0) is 10.1 Å². The summed E-state index contributed by atoms with van der Waals surface area (Å²) in [6.45, 7) is 13.6. The molecule has 0 aliphatic heterocycles. The Morgan fingerprint density at radius 3 is 1.43 bits per heavy atom. The van der Waals surface area contributed by atoms with E-state index in [-0.39, 0.29) is 4.90 Å². The van der Waals surface area contributed by atoms with Gasteiger partial charge >= 0.3 is 0 Å². The van der Waals surface area contributed by atoms with Crippen molar-refractivity contribution in [3.63, 3.8) is 0 Å². The van der Waals surface area contributed by atoms with Crippen LogP contribution in [0.1, 0.15) is 41.5 Å². The summed E-state index contributed by atoms with van der Waals surface area (Å²) in [5, 5.41) is 0. The summed E-state index contributed by atoms with van der Waals surface area (Å²) < 4.78 is 54.5. The highest BCUT2D eigenvalue weighted by Crippen LogP contribution is 2.39. The number of benzene rings is 4. The molecule has 0 saturated heterocycles. The molecular formula is C36H47FO5S2Si2. The van der Waals surface area contributed by atoms with Gasteiger partial charge in [-0.3, -0.25) is 4.55 Å². The first-order chi connectivity index (χ1) is 21.9. The van der Waals surface area contributed by atoms with Gasteiger partial charge in [0.1, 0.15) is 17.3 Å². The molecule has 0 bridgehead atoms. The number of thiol groups is 1. The van der Waals surface area contributed by atoms with Gasteiger partial charge in [-0.15, -0.1) is 12.6 Å². The zero-order valence-electron chi connectivity index (χ0n) is 27.7. The van der Waals surface area contributed by atoms with Crippen molar-refractivity contribution < 1.29 is 26.2 Å². The Kier molecular flexibility index (Phi) is 13.7. The molecule has 4 rings (SSSR count). The molecular weight excluding hydrogens is 652 g/mol. The van der Waals surface area contributed by atoms with Gasteiger partial charge in [-0.05, 0) is 108 Å². The normalized spacial score (nSPS) is 11.8. The average Bonchev–Trinajstić information content (AvgIpc) is 3.07. The fraction of sp³-hybridized carbons (Fsp3) is 0.333. The van der Waals surface area contributed by atoms with Gasteiger partial charge in [-0.1, -0.05) is 77.9 Å². The van der Waals surface area contributed by atoms with Crippen LogP contribution in [0, 0.1) is 5.82 Å². The lowest BCUT2D eigenvalue weighted by Crippen LogP contribution is -2.39. The molecule has 0 radical (unpaired) electrons. The molecule has 46 heavy (non-hydrogen) atoms. The topological polar surface area (TPSA) is 72.8 Å². The Bertz CT molecular complexity index is 1620. The van der Waals surface area contributed by atoms with Gasteiger partial charge in [0, 0.05) is 10.5 Å². The van der Waals surface area contributed by atoms with Crippen molar-refractivity contribution in [1.82, 2.24) is 0 Å². The second-order valence-corrected chi connectivity index (χ2v) is 22.7. The maximum absolute atomic E-state index is 12.2. The lowest BCUT2D eigenvalue weighted by atomic mass is 9.94. The Morgan fingerprint density at radius 2 is 1.04 bits per heavy atom. The number of halogens is 1. The van der Waals surface area contributed by atoms with Gasteiger partial charge in [0.15, 0.2) is 0 Å². The van der Waals surface area contributed by atoms with Crippen molar-refractivity contribution in [1.29, 1.82) is 0 Å². The molecule has 0 spiro atoms. The Labute approximate surface area is 282 Å². The van der Waals surface area contributed by atoms with Crippen LogP contribution < -0.4 is 8.85 Å². The molecule has 0 aliphatic rings. The maximum atomic E-state index is 12.2. The molecule has 0 heterocycles. The number of rotatable bonds is 13. The van der Waals surface area contributed by atoms with Crippen LogP contribution >= 0.6 is 12.6 Å². The highest BCUT2D eigenvalue weighted by molar-refractivity contribution is 7.85. The molecule has 4 aromatic rings. The van der Waals surface area contributed by atoms with E-state index in [0.29, 0.717) is 0 Å². The summed E-state index contributed by atoms with van der Waals surface area (Å²) in [7, 11) is -7.55. The van der Waals surface area contributed by atoms with E-state index in [0.717, 1.165) is 88.1 Å². The fourth-order valence-corrected chi connectivity index (χ4v) is 11.5. The molecule has 5 nitrogen and oxygen atoms in total. The zero-order valence-corrected chi connectivity index (χ0v) is 31.4. The van der Waals surface area contributed by atoms with Gasteiger partial charge in [0.2, 0.25) is 16.6 Å². The van der Waals surface area contributed by atoms with E-state index < -0.39 is 32.6 Å². The Balaban J connectivity index is 0.000000441. The first-order valence-electron chi connectivity index (χ1n) is 16.0. The molecule has 0 fully saturated rings. The van der Waals surface area contributed by atoms with E-state index in [1.807, 2.05) is 0 Å². The summed E-state index contributed by atoms with van der Waals surface area (Å²) in [4.78, 5) is 0.671. The monoisotopic (exact) mass is 698 g/mol. The van der Waals surface area contributed by atoms with Crippen molar-refractivity contribution in [3.05, 3.63) is 96.8 Å². The van der Waals surface area contributed by atoms with E-state index in [9.17, 15) is 12.8 Å². The number of hydrogen-bond acceptors (Lipinski definition) is 5. The van der Waals surface area contributed by atoms with E-state index in [2.05, 4.69) is 108 Å². The molecule has 0 amide bonds. The quantitative estimate of drug-likeness (QED) is 0.0826. The molecule has 10 heteroatoms. The maximum Gasteiger partial charge on any atom is 0.294 e. The molecule has 0 aliphatic carbocycles. The number of hydrogen-bond donors (Lipinski definition) is 2. The lowest BCUT2D eigenvalue weighted by molar-refractivity contribution is 0.483. The summed E-state index contributed by atoms with van der Waals surface area (Å²) in [6, 6.07) is 34.3. The molecule has 0 saturated carbocycles. The second kappa shape index (κ2) is 16.8.